The number of H-pyrrole nitrogens is 2. The van der Waals surface area contributed by atoms with Gasteiger partial charge >= 0.3 is 0 Å². The van der Waals surface area contributed by atoms with Crippen LogP contribution in [-0.4, -0.2) is 55.2 Å². The fourth-order valence-corrected chi connectivity index (χ4v) is 5.71. The first-order chi connectivity index (χ1) is 20.4. The van der Waals surface area contributed by atoms with Crippen LogP contribution in [0.3, 0.4) is 0 Å². The first kappa shape index (κ1) is 27.4. The number of piperidine rings is 1. The first-order valence-corrected chi connectivity index (χ1v) is 14.5. The highest BCUT2D eigenvalue weighted by molar-refractivity contribution is 6.22. The zero-order valence-electron chi connectivity index (χ0n) is 23.6. The summed E-state index contributed by atoms with van der Waals surface area (Å²) in [6.07, 6.45) is 7.83. The number of rotatable bonds is 9. The molecule has 0 atom stereocenters. The van der Waals surface area contributed by atoms with Gasteiger partial charge in [-0.05, 0) is 81.6 Å². The number of imidazole rings is 1. The van der Waals surface area contributed by atoms with Gasteiger partial charge in [-0.3, -0.25) is 10.1 Å². The zero-order valence-corrected chi connectivity index (χ0v) is 23.6. The van der Waals surface area contributed by atoms with Crippen molar-refractivity contribution < 1.29 is 10.0 Å². The zero-order chi connectivity index (χ0) is 29.1. The van der Waals surface area contributed by atoms with Crippen LogP contribution in [0.15, 0.2) is 77.9 Å². The van der Waals surface area contributed by atoms with Crippen molar-refractivity contribution in [2.75, 3.05) is 19.6 Å². The fraction of sp³-hybridized carbons (Fsp3) is 0.273. The van der Waals surface area contributed by atoms with E-state index in [0.29, 0.717) is 27.9 Å². The van der Waals surface area contributed by atoms with Crippen molar-refractivity contribution in [3.8, 4) is 17.1 Å². The predicted octanol–water partition coefficient (Wildman–Crippen LogP) is 7.07. The van der Waals surface area contributed by atoms with E-state index in [1.54, 1.807) is 12.3 Å². The molecule has 3 N–H and O–H groups in total. The van der Waals surface area contributed by atoms with Crippen molar-refractivity contribution in [3.63, 3.8) is 0 Å². The molecule has 5 aromatic rings. The number of hydrogen-bond acceptors (Lipinski definition) is 6. The molecule has 6 rings (SSSR count). The van der Waals surface area contributed by atoms with Crippen LogP contribution in [0.5, 0.6) is 5.88 Å². The summed E-state index contributed by atoms with van der Waals surface area (Å²) in [5, 5.41) is 23.1. The van der Waals surface area contributed by atoms with Gasteiger partial charge in [0.05, 0.1) is 33.8 Å². The Kier molecular flexibility index (Phi) is 7.83. The number of aromatic hydroxyl groups is 1. The lowest BCUT2D eigenvalue weighted by Gasteiger charge is -2.26. The smallest absolute Gasteiger partial charge is 0.270 e. The molecule has 1 saturated heterocycles. The number of aliphatic imine (C=N–C) groups is 1. The number of hydrogen-bond donors (Lipinski definition) is 3. The van der Waals surface area contributed by atoms with E-state index in [4.69, 9.17) is 4.99 Å². The summed E-state index contributed by atoms with van der Waals surface area (Å²) in [5.74, 6) is 0.757. The molecule has 0 saturated carbocycles. The number of likely N-dealkylation sites (tertiary alicyclic amines) is 1. The third-order valence-corrected chi connectivity index (χ3v) is 7.95. The van der Waals surface area contributed by atoms with E-state index < -0.39 is 4.92 Å². The molecular formula is C33H34N6O3. The molecule has 1 aliphatic heterocycles. The molecule has 9 nitrogen and oxygen atoms in total. The fourth-order valence-electron chi connectivity index (χ4n) is 5.71. The number of nitro groups is 1. The molecule has 2 aromatic heterocycles. The second-order valence-corrected chi connectivity index (χ2v) is 10.9. The molecule has 0 bridgehead atoms. The molecule has 0 radical (unpaired) electrons. The van der Waals surface area contributed by atoms with E-state index in [0.717, 1.165) is 42.0 Å². The lowest BCUT2D eigenvalue weighted by molar-refractivity contribution is -0.384. The van der Waals surface area contributed by atoms with Gasteiger partial charge in [0.1, 0.15) is 5.82 Å². The van der Waals surface area contributed by atoms with Crippen LogP contribution in [-0.2, 0) is 6.42 Å². The second-order valence-electron chi connectivity index (χ2n) is 10.9. The van der Waals surface area contributed by atoms with Gasteiger partial charge in [-0.1, -0.05) is 42.8 Å². The number of benzene rings is 3. The summed E-state index contributed by atoms with van der Waals surface area (Å²) in [4.78, 5) is 29.2. The minimum absolute atomic E-state index is 0.0506. The summed E-state index contributed by atoms with van der Waals surface area (Å²) < 4.78 is 0. The maximum atomic E-state index is 11.6. The lowest BCUT2D eigenvalue weighted by atomic mass is 9.98. The Bertz CT molecular complexity index is 1730. The van der Waals surface area contributed by atoms with Crippen molar-refractivity contribution in [1.82, 2.24) is 19.9 Å². The van der Waals surface area contributed by atoms with Crippen molar-refractivity contribution in [3.05, 3.63) is 106 Å². The number of non-ortho nitro benzene ring substituents is 1. The first-order valence-electron chi connectivity index (χ1n) is 14.5. The topological polar surface area (TPSA) is 123 Å². The molecule has 0 spiro atoms. The SMILES string of the molecule is Cc1ncc(-c2ccc(N=C(c3ccc(CCCN4CCCCC4)cc3)c3c(O)[nH]c4ccc([N+](=O)[O-])cc34)cc2)[nH]1. The van der Waals surface area contributed by atoms with Gasteiger partial charge in [0.15, 0.2) is 5.88 Å². The molecule has 3 heterocycles. The Morgan fingerprint density at radius 3 is 2.48 bits per heavy atom. The minimum atomic E-state index is -0.432. The Labute approximate surface area is 244 Å². The van der Waals surface area contributed by atoms with Gasteiger partial charge in [0.2, 0.25) is 0 Å². The normalized spacial score (nSPS) is 14.5. The number of nitro benzene ring substituents is 1. The van der Waals surface area contributed by atoms with E-state index in [1.807, 2.05) is 43.3 Å². The van der Waals surface area contributed by atoms with Crippen molar-refractivity contribution in [1.29, 1.82) is 0 Å². The third-order valence-electron chi connectivity index (χ3n) is 7.95. The molecule has 0 amide bonds. The summed E-state index contributed by atoms with van der Waals surface area (Å²) in [6, 6.07) is 20.5. The largest absolute Gasteiger partial charge is 0.494 e. The Morgan fingerprint density at radius 2 is 1.79 bits per heavy atom. The maximum absolute atomic E-state index is 11.6. The Hall–Kier alpha value is -4.76. The van der Waals surface area contributed by atoms with Gasteiger partial charge in [-0.15, -0.1) is 0 Å². The van der Waals surface area contributed by atoms with Gasteiger partial charge in [-0.2, -0.15) is 0 Å². The molecule has 0 aliphatic carbocycles. The van der Waals surface area contributed by atoms with Gasteiger partial charge in [0.25, 0.3) is 5.69 Å². The van der Waals surface area contributed by atoms with Gasteiger partial charge < -0.3 is 20.0 Å². The van der Waals surface area contributed by atoms with Crippen LogP contribution >= 0.6 is 0 Å². The molecule has 3 aromatic carbocycles. The Morgan fingerprint density at radius 1 is 1.02 bits per heavy atom. The standard InChI is InChI=1S/C33H34N6O3/c1-22-34-21-30(35-22)24-11-13-26(14-12-24)36-32(31-28-20-27(39(41)42)15-16-29(28)37-33(31)40)25-9-7-23(8-10-25)6-5-19-38-17-3-2-4-18-38/h7-16,20-21,37,40H,2-6,17-19H2,1H3,(H,34,35). The predicted molar refractivity (Wildman–Crippen MR) is 166 cm³/mol. The van der Waals surface area contributed by atoms with Crippen molar-refractivity contribution in [2.24, 2.45) is 4.99 Å². The molecule has 214 valence electrons. The van der Waals surface area contributed by atoms with Crippen molar-refractivity contribution in [2.45, 2.75) is 39.0 Å². The second kappa shape index (κ2) is 12.0. The summed E-state index contributed by atoms with van der Waals surface area (Å²) in [7, 11) is 0. The monoisotopic (exact) mass is 562 g/mol. The van der Waals surface area contributed by atoms with E-state index in [-0.39, 0.29) is 11.6 Å². The number of aryl methyl sites for hydroxylation is 2. The van der Waals surface area contributed by atoms with Gasteiger partial charge in [-0.25, -0.2) is 9.98 Å². The highest BCUT2D eigenvalue weighted by Gasteiger charge is 2.21. The van der Waals surface area contributed by atoms with E-state index in [1.165, 1.54) is 50.0 Å². The third kappa shape index (κ3) is 5.96. The van der Waals surface area contributed by atoms with E-state index >= 15 is 0 Å². The van der Waals surface area contributed by atoms with Crippen LogP contribution in [0, 0.1) is 17.0 Å². The van der Waals surface area contributed by atoms with Crippen molar-refractivity contribution >= 4 is 28.0 Å². The number of nitrogens with one attached hydrogen (secondary N) is 2. The van der Waals surface area contributed by atoms with Gasteiger partial charge in [0, 0.05) is 28.6 Å². The van der Waals surface area contributed by atoms with Crippen LogP contribution < -0.4 is 0 Å². The number of aromatic nitrogens is 3. The highest BCUT2D eigenvalue weighted by Crippen LogP contribution is 2.34. The summed E-state index contributed by atoms with van der Waals surface area (Å²) in [6.45, 7) is 5.43. The number of aromatic amines is 2. The molecule has 42 heavy (non-hydrogen) atoms. The average Bonchev–Trinajstić information content (AvgIpc) is 3.59. The molecule has 9 heteroatoms. The highest BCUT2D eigenvalue weighted by atomic mass is 16.6. The molecule has 0 unspecified atom stereocenters. The average molecular weight is 563 g/mol. The summed E-state index contributed by atoms with van der Waals surface area (Å²) >= 11 is 0. The van der Waals surface area contributed by atoms with Crippen LogP contribution in [0.2, 0.25) is 0 Å². The molecule has 1 aliphatic rings. The summed E-state index contributed by atoms with van der Waals surface area (Å²) in [5.41, 5.74) is 6.15. The maximum Gasteiger partial charge on any atom is 0.270 e. The minimum Gasteiger partial charge on any atom is -0.494 e. The van der Waals surface area contributed by atoms with Crippen LogP contribution in [0.4, 0.5) is 11.4 Å². The molecule has 1 fully saturated rings. The number of nitrogens with zero attached hydrogens (tertiary/aromatic N) is 4. The quantitative estimate of drug-likeness (QED) is 0.101. The van der Waals surface area contributed by atoms with Crippen LogP contribution in [0.1, 0.15) is 48.2 Å². The van der Waals surface area contributed by atoms with E-state index in [9.17, 15) is 15.2 Å². The van der Waals surface area contributed by atoms with E-state index in [2.05, 4.69) is 32.0 Å². The Balaban J connectivity index is 1.34. The number of fused-ring (bicyclic) bond motifs is 1. The van der Waals surface area contributed by atoms with Crippen LogP contribution in [0.25, 0.3) is 22.2 Å². The molecular weight excluding hydrogens is 528 g/mol. The lowest BCUT2D eigenvalue weighted by Crippen LogP contribution is -2.30.